The predicted molar refractivity (Wildman–Crippen MR) is 94.4 cm³/mol. The van der Waals surface area contributed by atoms with Crippen LogP contribution in [0.2, 0.25) is 0 Å². The van der Waals surface area contributed by atoms with Crippen LogP contribution in [0.25, 0.3) is 10.6 Å². The number of aliphatic carboxylic acids is 1. The maximum Gasteiger partial charge on any atom is 0.309 e. The van der Waals surface area contributed by atoms with Gasteiger partial charge in [0.15, 0.2) is 0 Å². The highest BCUT2D eigenvalue weighted by atomic mass is 32.1. The first-order valence-electron chi connectivity index (χ1n) is 7.55. The summed E-state index contributed by atoms with van der Waals surface area (Å²) in [6, 6.07) is 15.9. The summed E-state index contributed by atoms with van der Waals surface area (Å²) in [6.07, 6.45) is -0.0554. The molecule has 5 heteroatoms. The molecule has 4 nitrogen and oxygen atoms in total. The number of aromatic nitrogens is 1. The molecule has 2 aromatic carbocycles. The Morgan fingerprint density at radius 3 is 2.75 bits per heavy atom. The molecular weight excluding hydrogens is 322 g/mol. The van der Waals surface area contributed by atoms with Crippen LogP contribution in [0.5, 0.6) is 5.75 Å². The quantitative estimate of drug-likeness (QED) is 0.726. The number of benzene rings is 2. The lowest BCUT2D eigenvalue weighted by Crippen LogP contribution is -1.99. The number of nitrogens with zero attached hydrogens (tertiary/aromatic N) is 1. The molecule has 0 aliphatic rings. The molecule has 1 N–H and O–H groups in total. The first kappa shape index (κ1) is 16.2. The Balaban J connectivity index is 1.70. The summed E-state index contributed by atoms with van der Waals surface area (Å²) in [5, 5.41) is 11.4. The van der Waals surface area contributed by atoms with Crippen LogP contribution in [0.1, 0.15) is 16.8 Å². The zero-order chi connectivity index (χ0) is 16.9. The van der Waals surface area contributed by atoms with Crippen LogP contribution in [-0.4, -0.2) is 16.1 Å². The van der Waals surface area contributed by atoms with E-state index in [1.807, 2.05) is 24.3 Å². The summed E-state index contributed by atoms with van der Waals surface area (Å²) < 4.78 is 5.85. The lowest BCUT2D eigenvalue weighted by Gasteiger charge is -2.07. The zero-order valence-electron chi connectivity index (χ0n) is 13.2. The van der Waals surface area contributed by atoms with Gasteiger partial charge in [0, 0.05) is 10.9 Å². The highest BCUT2D eigenvalue weighted by molar-refractivity contribution is 7.13. The second-order valence-corrected chi connectivity index (χ2v) is 6.37. The van der Waals surface area contributed by atoms with E-state index in [0.29, 0.717) is 12.3 Å². The van der Waals surface area contributed by atoms with Gasteiger partial charge < -0.3 is 9.84 Å². The van der Waals surface area contributed by atoms with E-state index in [1.165, 1.54) is 16.9 Å². The van der Waals surface area contributed by atoms with Crippen molar-refractivity contribution in [2.75, 3.05) is 0 Å². The molecule has 0 amide bonds. The molecule has 0 unspecified atom stereocenters. The maximum atomic E-state index is 10.8. The minimum absolute atomic E-state index is 0.0554. The molecule has 1 heterocycles. The van der Waals surface area contributed by atoms with Crippen molar-refractivity contribution in [2.24, 2.45) is 0 Å². The summed E-state index contributed by atoms with van der Waals surface area (Å²) in [5.74, 6) is -0.106. The van der Waals surface area contributed by atoms with Crippen molar-refractivity contribution in [2.45, 2.75) is 20.0 Å². The van der Waals surface area contributed by atoms with Crippen molar-refractivity contribution in [1.29, 1.82) is 0 Å². The van der Waals surface area contributed by atoms with Crippen LogP contribution in [0, 0.1) is 6.92 Å². The van der Waals surface area contributed by atoms with Crippen LogP contribution in [0.15, 0.2) is 53.9 Å². The Hall–Kier alpha value is -2.66. The topological polar surface area (TPSA) is 59.4 Å². The zero-order valence-corrected chi connectivity index (χ0v) is 14.0. The van der Waals surface area contributed by atoms with Gasteiger partial charge in [-0.25, -0.2) is 4.98 Å². The first-order valence-corrected chi connectivity index (χ1v) is 8.43. The van der Waals surface area contributed by atoms with E-state index in [0.717, 1.165) is 21.9 Å². The van der Waals surface area contributed by atoms with Gasteiger partial charge in [0.25, 0.3) is 0 Å². The third-order valence-electron chi connectivity index (χ3n) is 3.49. The van der Waals surface area contributed by atoms with Gasteiger partial charge >= 0.3 is 5.97 Å². The standard InChI is InChI=1S/C19H17NO3S/c1-13-5-7-14(8-6-13)11-23-17-4-2-3-15(9-17)19-20-16(12-24-19)10-18(21)22/h2-9,12H,10-11H2,1H3,(H,21,22). The fourth-order valence-corrected chi connectivity index (χ4v) is 3.06. The fraction of sp³-hybridized carbons (Fsp3) is 0.158. The molecule has 0 saturated heterocycles. The molecule has 0 bridgehead atoms. The fourth-order valence-electron chi connectivity index (χ4n) is 2.25. The molecule has 3 rings (SSSR count). The van der Waals surface area contributed by atoms with Gasteiger partial charge in [-0.2, -0.15) is 0 Å². The Morgan fingerprint density at radius 2 is 2.00 bits per heavy atom. The molecule has 0 aliphatic carbocycles. The molecule has 122 valence electrons. The second kappa shape index (κ2) is 7.27. The Kier molecular flexibility index (Phi) is 4.91. The molecule has 0 saturated carbocycles. The number of hydrogen-bond acceptors (Lipinski definition) is 4. The molecule has 0 spiro atoms. The van der Waals surface area contributed by atoms with Crippen LogP contribution in [0.4, 0.5) is 0 Å². The molecule has 0 atom stereocenters. The lowest BCUT2D eigenvalue weighted by molar-refractivity contribution is -0.136. The number of carboxylic acid groups (broad SMARTS) is 1. The molecule has 1 aromatic heterocycles. The van der Waals surface area contributed by atoms with Crippen LogP contribution in [0.3, 0.4) is 0 Å². The van der Waals surface area contributed by atoms with Gasteiger partial charge in [-0.15, -0.1) is 11.3 Å². The van der Waals surface area contributed by atoms with Gasteiger partial charge in [-0.1, -0.05) is 42.0 Å². The van der Waals surface area contributed by atoms with Gasteiger partial charge in [0.05, 0.1) is 12.1 Å². The Labute approximate surface area is 144 Å². The van der Waals surface area contributed by atoms with E-state index >= 15 is 0 Å². The number of aryl methyl sites for hydroxylation is 1. The van der Waals surface area contributed by atoms with Crippen molar-refractivity contribution in [3.8, 4) is 16.3 Å². The van der Waals surface area contributed by atoms with E-state index in [1.54, 1.807) is 5.38 Å². The van der Waals surface area contributed by atoms with Crippen molar-refractivity contribution in [3.05, 3.63) is 70.7 Å². The maximum absolute atomic E-state index is 10.8. The van der Waals surface area contributed by atoms with E-state index in [4.69, 9.17) is 9.84 Å². The molecule has 0 radical (unpaired) electrons. The number of rotatable bonds is 6. The summed E-state index contributed by atoms with van der Waals surface area (Å²) in [6.45, 7) is 2.56. The smallest absolute Gasteiger partial charge is 0.309 e. The highest BCUT2D eigenvalue weighted by Crippen LogP contribution is 2.27. The largest absolute Gasteiger partial charge is 0.489 e. The van der Waals surface area contributed by atoms with Gasteiger partial charge in [0.2, 0.25) is 0 Å². The van der Waals surface area contributed by atoms with E-state index in [9.17, 15) is 4.79 Å². The van der Waals surface area contributed by atoms with Crippen LogP contribution < -0.4 is 4.74 Å². The Morgan fingerprint density at radius 1 is 1.21 bits per heavy atom. The van der Waals surface area contributed by atoms with Crippen molar-refractivity contribution in [1.82, 2.24) is 4.98 Å². The predicted octanol–water partition coefficient (Wildman–Crippen LogP) is 4.32. The summed E-state index contributed by atoms with van der Waals surface area (Å²) in [7, 11) is 0. The number of carbonyl (C=O) groups is 1. The van der Waals surface area contributed by atoms with Gasteiger partial charge in [-0.3, -0.25) is 4.79 Å². The van der Waals surface area contributed by atoms with Crippen LogP contribution >= 0.6 is 11.3 Å². The first-order chi connectivity index (χ1) is 11.6. The summed E-state index contributed by atoms with van der Waals surface area (Å²) >= 11 is 1.44. The molecule has 0 fully saturated rings. The summed E-state index contributed by atoms with van der Waals surface area (Å²) in [5.41, 5.74) is 3.84. The SMILES string of the molecule is Cc1ccc(COc2cccc(-c3nc(CC(=O)O)cs3)c2)cc1. The molecule has 24 heavy (non-hydrogen) atoms. The number of thiazole rings is 1. The lowest BCUT2D eigenvalue weighted by atomic mass is 10.2. The van der Waals surface area contributed by atoms with Crippen molar-refractivity contribution in [3.63, 3.8) is 0 Å². The van der Waals surface area contributed by atoms with Gasteiger partial charge in [-0.05, 0) is 24.6 Å². The third-order valence-corrected chi connectivity index (χ3v) is 4.43. The average Bonchev–Trinajstić information content (AvgIpc) is 3.02. The van der Waals surface area contributed by atoms with E-state index in [2.05, 4.69) is 36.2 Å². The Bertz CT molecular complexity index is 840. The average molecular weight is 339 g/mol. The van der Waals surface area contributed by atoms with Crippen molar-refractivity contribution >= 4 is 17.3 Å². The van der Waals surface area contributed by atoms with Crippen molar-refractivity contribution < 1.29 is 14.6 Å². The molecular formula is C19H17NO3S. The van der Waals surface area contributed by atoms with E-state index in [-0.39, 0.29) is 6.42 Å². The second-order valence-electron chi connectivity index (χ2n) is 5.52. The normalized spacial score (nSPS) is 10.5. The number of carboxylic acids is 1. The molecule has 0 aliphatic heterocycles. The van der Waals surface area contributed by atoms with E-state index < -0.39 is 5.97 Å². The van der Waals surface area contributed by atoms with Gasteiger partial charge in [0.1, 0.15) is 17.4 Å². The summed E-state index contributed by atoms with van der Waals surface area (Å²) in [4.78, 5) is 15.1. The number of hydrogen-bond donors (Lipinski definition) is 1. The highest BCUT2D eigenvalue weighted by Gasteiger charge is 2.08. The minimum Gasteiger partial charge on any atom is -0.489 e. The molecule has 3 aromatic rings. The van der Waals surface area contributed by atoms with Crippen LogP contribution in [-0.2, 0) is 17.8 Å². The monoisotopic (exact) mass is 339 g/mol. The number of ether oxygens (including phenoxy) is 1. The third kappa shape index (κ3) is 4.20. The minimum atomic E-state index is -0.873.